The Morgan fingerprint density at radius 2 is 1.83 bits per heavy atom. The van der Waals surface area contributed by atoms with Gasteiger partial charge in [-0.05, 0) is 0 Å². The van der Waals surface area contributed by atoms with Gasteiger partial charge in [0.25, 0.3) is 0 Å². The van der Waals surface area contributed by atoms with E-state index in [-0.39, 0.29) is 23.2 Å². The predicted octanol–water partition coefficient (Wildman–Crippen LogP) is -0.401. The van der Waals surface area contributed by atoms with Gasteiger partial charge in [-0.15, -0.1) is 11.6 Å². The Kier molecular flexibility index (Phi) is 10.3. The average molecular weight is 145 g/mol. The van der Waals surface area contributed by atoms with Crippen LogP contribution in [0.5, 0.6) is 0 Å². The van der Waals surface area contributed by atoms with Crippen molar-refractivity contribution in [2.75, 3.05) is 5.88 Å². The first kappa shape index (κ1) is 10.1. The lowest BCUT2D eigenvalue weighted by molar-refractivity contribution is 0.280. The quantitative estimate of drug-likeness (QED) is 0.393. The van der Waals surface area contributed by atoms with Gasteiger partial charge in [0, 0.05) is 0 Å². The molecule has 0 radical (unpaired) electrons. The maximum absolute atomic E-state index is 7.99. The molecule has 0 aromatic rings. The minimum atomic E-state index is -0.878. The Balaban J connectivity index is 0. The van der Waals surface area contributed by atoms with Crippen molar-refractivity contribution in [1.82, 2.24) is 0 Å². The third-order valence-corrected chi connectivity index (χ3v) is 0.732. The van der Waals surface area contributed by atoms with E-state index in [9.17, 15) is 0 Å². The summed E-state index contributed by atoms with van der Waals surface area (Å²) >= 11 is 9.84. The van der Waals surface area contributed by atoms with Crippen LogP contribution < -0.4 is 0 Å². The number of rotatable bonds is 1. The fourth-order valence-corrected chi connectivity index (χ4v) is 0. The molecule has 0 saturated carbocycles. The second kappa shape index (κ2) is 6.07. The van der Waals surface area contributed by atoms with Crippen molar-refractivity contribution in [3.8, 4) is 0 Å². The fourth-order valence-electron chi connectivity index (χ4n) is 0. The van der Waals surface area contributed by atoms with Crippen LogP contribution in [-0.2, 0) is 0 Å². The van der Waals surface area contributed by atoms with E-state index in [1.165, 1.54) is 0 Å². The van der Waals surface area contributed by atoms with Gasteiger partial charge in [0.05, 0.1) is 5.88 Å². The third-order valence-electron chi connectivity index (χ3n) is 0.127. The van der Waals surface area contributed by atoms with Gasteiger partial charge in [-0.3, -0.25) is 0 Å². The largest absolute Gasteiger partial charge is 0.376 e. The highest BCUT2D eigenvalue weighted by Gasteiger charge is 1.87. The molecule has 0 rings (SSSR count). The smallest absolute Gasteiger partial charge is 0.187 e. The Bertz CT molecular complexity index is 25.5. The average Bonchev–Trinajstić information content (AvgIpc) is 1.38. The van der Waals surface area contributed by atoms with E-state index in [2.05, 4.69) is 0 Å². The lowest BCUT2D eigenvalue weighted by Crippen LogP contribution is -1.93. The van der Waals surface area contributed by atoms with Crippen molar-refractivity contribution in [2.24, 2.45) is 0 Å². The van der Waals surface area contributed by atoms with Gasteiger partial charge in [0.2, 0.25) is 0 Å². The maximum Gasteiger partial charge on any atom is 0.187 e. The number of hydrogen-bond donors (Lipinski definition) is 1. The first-order valence-electron chi connectivity index (χ1n) is 1.15. The molecule has 0 bridgehead atoms. The molecule has 38 valence electrons. The molecule has 0 amide bonds. The molecule has 0 aromatic carbocycles. The van der Waals surface area contributed by atoms with Crippen LogP contribution in [0.3, 0.4) is 0 Å². The van der Waals surface area contributed by atoms with Crippen LogP contribution in [0.4, 0.5) is 0 Å². The molecule has 1 unspecified atom stereocenters. The zero-order valence-corrected chi connectivity index (χ0v) is 4.00. The van der Waals surface area contributed by atoms with Crippen LogP contribution in [0.1, 0.15) is 0 Å². The Morgan fingerprint density at radius 3 is 1.83 bits per heavy atom. The molecule has 0 heterocycles. The van der Waals surface area contributed by atoms with Crippen molar-refractivity contribution in [1.29, 1.82) is 0 Å². The van der Waals surface area contributed by atoms with E-state index >= 15 is 0 Å². The number of aliphatic hydroxyl groups excluding tert-OH is 1. The minimum absolute atomic E-state index is 0. The van der Waals surface area contributed by atoms with Gasteiger partial charge in [-0.2, -0.15) is 0 Å². The van der Waals surface area contributed by atoms with E-state index in [0.717, 1.165) is 0 Å². The normalized spacial score (nSPS) is 12.5. The summed E-state index contributed by atoms with van der Waals surface area (Å²) in [6, 6.07) is 0. The molecule has 1 nitrogen and oxygen atoms in total. The number of hydrogen-bond acceptors (Lipinski definition) is 1. The predicted molar refractivity (Wildman–Crippen MR) is 32.5 cm³/mol. The highest BCUT2D eigenvalue weighted by atomic mass is 35.5. The van der Waals surface area contributed by atoms with Crippen molar-refractivity contribution in [3.63, 3.8) is 0 Å². The summed E-state index contributed by atoms with van der Waals surface area (Å²) < 4.78 is 0. The summed E-state index contributed by atoms with van der Waals surface area (Å²) in [6.45, 7) is 0. The molecular formula is C2H7AlCl2O. The van der Waals surface area contributed by atoms with Gasteiger partial charge in [0.1, 0.15) is 5.56 Å². The van der Waals surface area contributed by atoms with Crippen LogP contribution in [0.2, 0.25) is 0 Å². The monoisotopic (exact) mass is 144 g/mol. The molecule has 0 spiro atoms. The summed E-state index contributed by atoms with van der Waals surface area (Å²) in [5, 5.41) is 7.99. The molecule has 0 aliphatic heterocycles. The van der Waals surface area contributed by atoms with Crippen LogP contribution in [0.25, 0.3) is 0 Å². The molecule has 0 aliphatic carbocycles. The third kappa shape index (κ3) is 8.91. The molecule has 0 aliphatic rings. The summed E-state index contributed by atoms with van der Waals surface area (Å²) in [5.74, 6) is 0.0988. The topological polar surface area (TPSA) is 20.2 Å². The summed E-state index contributed by atoms with van der Waals surface area (Å²) in [5.41, 5.74) is -0.878. The highest BCUT2D eigenvalue weighted by Crippen LogP contribution is 1.89. The van der Waals surface area contributed by atoms with Crippen LogP contribution in [0.15, 0.2) is 0 Å². The molecule has 1 N–H and O–H groups in total. The standard InChI is InChI=1S/C2H4Cl2O.Al.3H/c3-1-2(4)5;;;;/h2,5H,1H2;;;;. The minimum Gasteiger partial charge on any atom is -0.376 e. The van der Waals surface area contributed by atoms with E-state index in [0.29, 0.717) is 0 Å². The first-order chi connectivity index (χ1) is 2.27. The number of halogens is 2. The van der Waals surface area contributed by atoms with E-state index in [1.54, 1.807) is 0 Å². The maximum atomic E-state index is 7.99. The van der Waals surface area contributed by atoms with Crippen molar-refractivity contribution in [3.05, 3.63) is 0 Å². The molecular weight excluding hydrogens is 138 g/mol. The summed E-state index contributed by atoms with van der Waals surface area (Å²) in [7, 11) is 0. The molecule has 0 aromatic heterocycles. The van der Waals surface area contributed by atoms with Gasteiger partial charge < -0.3 is 5.11 Å². The summed E-state index contributed by atoms with van der Waals surface area (Å²) in [6.07, 6.45) is 0. The first-order valence-corrected chi connectivity index (χ1v) is 2.12. The summed E-state index contributed by atoms with van der Waals surface area (Å²) in [4.78, 5) is 0. The lowest BCUT2D eigenvalue weighted by atomic mass is 10.9. The highest BCUT2D eigenvalue weighted by molar-refractivity contribution is 6.27. The Labute approximate surface area is 57.4 Å². The SMILES string of the molecule is OC(Cl)CCl.[AlH3]. The van der Waals surface area contributed by atoms with Crippen molar-refractivity contribution >= 4 is 40.6 Å². The van der Waals surface area contributed by atoms with Crippen LogP contribution in [0, 0.1) is 0 Å². The second-order valence-electron chi connectivity index (χ2n) is 0.589. The van der Waals surface area contributed by atoms with Gasteiger partial charge in [-0.1, -0.05) is 11.6 Å². The Morgan fingerprint density at radius 1 is 1.67 bits per heavy atom. The molecule has 0 saturated heterocycles. The fraction of sp³-hybridized carbons (Fsp3) is 1.00. The lowest BCUT2D eigenvalue weighted by Gasteiger charge is -1.85. The Hall–Kier alpha value is 1.07. The van der Waals surface area contributed by atoms with Gasteiger partial charge in [0.15, 0.2) is 17.4 Å². The van der Waals surface area contributed by atoms with E-state index in [4.69, 9.17) is 28.3 Å². The second-order valence-corrected chi connectivity index (χ2v) is 1.40. The van der Waals surface area contributed by atoms with E-state index in [1.807, 2.05) is 0 Å². The molecule has 0 fully saturated rings. The zero-order valence-electron chi connectivity index (χ0n) is 2.49. The number of alkyl halides is 2. The molecule has 4 heteroatoms. The van der Waals surface area contributed by atoms with Crippen LogP contribution >= 0.6 is 23.2 Å². The van der Waals surface area contributed by atoms with Crippen molar-refractivity contribution in [2.45, 2.75) is 5.56 Å². The molecule has 1 atom stereocenters. The van der Waals surface area contributed by atoms with E-state index < -0.39 is 5.56 Å². The number of aliphatic hydroxyl groups is 1. The zero-order chi connectivity index (χ0) is 4.28. The van der Waals surface area contributed by atoms with Crippen LogP contribution in [-0.4, -0.2) is 33.9 Å². The van der Waals surface area contributed by atoms with Gasteiger partial charge >= 0.3 is 0 Å². The molecule has 6 heavy (non-hydrogen) atoms. The van der Waals surface area contributed by atoms with Crippen molar-refractivity contribution < 1.29 is 5.11 Å². The van der Waals surface area contributed by atoms with Gasteiger partial charge in [-0.25, -0.2) is 0 Å².